The van der Waals surface area contributed by atoms with Crippen LogP contribution in [0.25, 0.3) is 0 Å². The third kappa shape index (κ3) is 8.11. The summed E-state index contributed by atoms with van der Waals surface area (Å²) in [5, 5.41) is 0. The van der Waals surface area contributed by atoms with Gasteiger partial charge >= 0.3 is 37.5 Å². The van der Waals surface area contributed by atoms with Crippen molar-refractivity contribution in [2.45, 2.75) is 37.5 Å². The highest BCUT2D eigenvalue weighted by Gasteiger charge is 2.70. The first-order valence-corrected chi connectivity index (χ1v) is 4.53. The molecule has 0 saturated heterocycles. The summed E-state index contributed by atoms with van der Waals surface area (Å²) in [4.78, 5) is 0. The van der Waals surface area contributed by atoms with E-state index in [1.54, 1.807) is 18.9 Å². The van der Waals surface area contributed by atoms with Gasteiger partial charge in [-0.3, -0.25) is 0 Å². The minimum Gasteiger partial charge on any atom is -0.222 e. The topological polar surface area (TPSA) is 36.9 Å². The Bertz CT molecular complexity index is 384. The van der Waals surface area contributed by atoms with Crippen LogP contribution < -0.4 is 0 Å². The zero-order valence-electron chi connectivity index (χ0n) is 9.92. The molecule has 0 aromatic carbocycles. The second-order valence-electron chi connectivity index (χ2n) is 3.26. The van der Waals surface area contributed by atoms with E-state index in [0.29, 0.717) is 0 Å². The average Bonchev–Trinajstić information content (AvgIpc) is 2.01. The molecule has 0 aliphatic rings. The smallest absolute Gasteiger partial charge is 0.222 e. The zero-order chi connectivity index (χ0) is 19.8. The van der Waals surface area contributed by atoms with Crippen LogP contribution in [0.1, 0.15) is 0 Å². The molecule has 0 aromatic rings. The molecule has 0 bridgehead atoms. The lowest BCUT2D eigenvalue weighted by molar-refractivity contribution is -0.600. The van der Waals surface area contributed by atoms with E-state index in [9.17, 15) is 61.5 Å². The molecule has 18 heteroatoms. The van der Waals surface area contributed by atoms with Crippen LogP contribution in [0.15, 0.2) is 0 Å². The summed E-state index contributed by atoms with van der Waals surface area (Å²) in [5.41, 5.74) is 0. The van der Waals surface area contributed by atoms with Gasteiger partial charge < -0.3 is 0 Å². The van der Waals surface area contributed by atoms with Gasteiger partial charge in [-0.05, 0) is 0 Å². The predicted molar refractivity (Wildman–Crippen MR) is 36.2 cm³/mol. The van der Waals surface area contributed by atoms with E-state index in [4.69, 9.17) is 0 Å². The van der Waals surface area contributed by atoms with Gasteiger partial charge in [-0.25, -0.2) is 9.47 Å². The first-order chi connectivity index (χ1) is 10.1. The maximum absolute atomic E-state index is 12.5. The van der Waals surface area contributed by atoms with Crippen molar-refractivity contribution in [2.75, 3.05) is 0 Å². The maximum atomic E-state index is 12.5. The highest BCUT2D eigenvalue weighted by atomic mass is 19.4. The Morgan fingerprint density at radius 1 is 0.333 bits per heavy atom. The van der Waals surface area contributed by atoms with Crippen molar-refractivity contribution >= 4 is 0 Å². The van der Waals surface area contributed by atoms with Crippen molar-refractivity contribution in [1.29, 1.82) is 0 Å². The molecule has 0 atom stereocenters. The first kappa shape index (κ1) is 22.9. The highest BCUT2D eigenvalue weighted by molar-refractivity contribution is 4.68. The number of alkyl halides is 14. The number of rotatable bonds is 7. The fourth-order valence-electron chi connectivity index (χ4n) is 0.728. The summed E-state index contributed by atoms with van der Waals surface area (Å²) < 4.78 is 174. The molecular formula is C6F14O4. The monoisotopic (exact) mass is 402 g/mol. The van der Waals surface area contributed by atoms with Crippen LogP contribution in [0.5, 0.6) is 0 Å². The molecule has 4 nitrogen and oxygen atoms in total. The summed E-state index contributed by atoms with van der Waals surface area (Å²) in [6, 6.07) is 0. The average molecular weight is 402 g/mol. The van der Waals surface area contributed by atoms with E-state index < -0.39 is 37.5 Å². The normalized spacial score (nSPS) is 15.8. The number of hydrogen-bond donors (Lipinski definition) is 0. The second kappa shape index (κ2) is 6.30. The predicted octanol–water partition coefficient (Wildman–Crippen LogP) is 4.38. The lowest BCUT2D eigenvalue weighted by Crippen LogP contribution is -2.53. The molecule has 146 valence electrons. The minimum atomic E-state index is -7.03. The van der Waals surface area contributed by atoms with Gasteiger partial charge in [-0.15, -0.1) is 43.9 Å². The van der Waals surface area contributed by atoms with Gasteiger partial charge in [-0.2, -0.15) is 27.0 Å². The van der Waals surface area contributed by atoms with E-state index in [1.165, 1.54) is 0 Å². The maximum Gasteiger partial charge on any atom is 0.529 e. The molecule has 0 N–H and O–H groups in total. The van der Waals surface area contributed by atoms with Gasteiger partial charge in [0.05, 0.1) is 0 Å². The first-order valence-electron chi connectivity index (χ1n) is 4.53. The lowest BCUT2D eigenvalue weighted by atomic mass is 10.6. The molecular weight excluding hydrogens is 402 g/mol. The minimum absolute atomic E-state index is 1.54. The molecule has 0 radical (unpaired) electrons. The summed E-state index contributed by atoms with van der Waals surface area (Å²) in [7, 11) is 0. The lowest BCUT2D eigenvalue weighted by Gasteiger charge is -2.30. The summed E-state index contributed by atoms with van der Waals surface area (Å²) in [5.74, 6) is 0. The van der Waals surface area contributed by atoms with Gasteiger partial charge in [0.25, 0.3) is 0 Å². The molecule has 0 unspecified atom stereocenters. The van der Waals surface area contributed by atoms with E-state index in [1.807, 2.05) is 0 Å². The van der Waals surface area contributed by atoms with Crippen LogP contribution in [0.2, 0.25) is 0 Å². The fourth-order valence-corrected chi connectivity index (χ4v) is 0.728. The van der Waals surface area contributed by atoms with Crippen LogP contribution in [-0.4, -0.2) is 37.5 Å². The third-order valence-corrected chi connectivity index (χ3v) is 1.30. The SMILES string of the molecule is FC(F)(F)OC(F)(F)OC(F)(F)C(F)(F)OC(F)(F)OC(F)(F)F. The van der Waals surface area contributed by atoms with Crippen LogP contribution in [0, 0.1) is 0 Å². The Kier molecular flexibility index (Phi) is 6.00. The Morgan fingerprint density at radius 3 is 0.708 bits per heavy atom. The van der Waals surface area contributed by atoms with Crippen LogP contribution in [-0.2, 0) is 18.9 Å². The van der Waals surface area contributed by atoms with Crippen LogP contribution in [0.3, 0.4) is 0 Å². The van der Waals surface area contributed by atoms with Crippen molar-refractivity contribution in [3.05, 3.63) is 0 Å². The van der Waals surface area contributed by atoms with Gasteiger partial charge in [0.1, 0.15) is 0 Å². The Labute approximate surface area is 119 Å². The Morgan fingerprint density at radius 2 is 0.542 bits per heavy atom. The summed E-state index contributed by atoms with van der Waals surface area (Å²) in [6.45, 7) is 0. The van der Waals surface area contributed by atoms with Crippen molar-refractivity contribution in [3.8, 4) is 0 Å². The van der Waals surface area contributed by atoms with Crippen molar-refractivity contribution < 1.29 is 80.4 Å². The quantitative estimate of drug-likeness (QED) is 0.468. The van der Waals surface area contributed by atoms with Crippen LogP contribution in [0.4, 0.5) is 61.5 Å². The van der Waals surface area contributed by atoms with E-state index >= 15 is 0 Å². The fraction of sp³-hybridized carbons (Fsp3) is 1.00. The van der Waals surface area contributed by atoms with Gasteiger partial charge in [0, 0.05) is 0 Å². The zero-order valence-corrected chi connectivity index (χ0v) is 9.92. The number of ether oxygens (including phenoxy) is 4. The molecule has 0 fully saturated rings. The largest absolute Gasteiger partial charge is 0.529 e. The molecule has 0 amide bonds. The van der Waals surface area contributed by atoms with E-state index in [-0.39, 0.29) is 0 Å². The molecule has 0 rings (SSSR count). The molecule has 0 aliphatic carbocycles. The number of hydrogen-bond acceptors (Lipinski definition) is 4. The molecule has 0 saturated carbocycles. The number of halogens is 14. The van der Waals surface area contributed by atoms with Crippen molar-refractivity contribution in [3.63, 3.8) is 0 Å². The Balaban J connectivity index is 5.24. The molecule has 0 aromatic heterocycles. The second-order valence-corrected chi connectivity index (χ2v) is 3.26. The molecule has 0 heterocycles. The molecule has 0 spiro atoms. The molecule has 0 aliphatic heterocycles. The van der Waals surface area contributed by atoms with E-state index in [2.05, 4.69) is 0 Å². The Hall–Kier alpha value is -1.14. The van der Waals surface area contributed by atoms with Crippen molar-refractivity contribution in [1.82, 2.24) is 0 Å². The van der Waals surface area contributed by atoms with Gasteiger partial charge in [0.15, 0.2) is 0 Å². The third-order valence-electron chi connectivity index (χ3n) is 1.30. The summed E-state index contributed by atoms with van der Waals surface area (Å²) in [6.07, 6.45) is -40.0. The van der Waals surface area contributed by atoms with Gasteiger partial charge in [0.2, 0.25) is 0 Å². The standard InChI is InChI=1S/C6F14O4/c7-1(8,21-5(17,18)23-3(11,12)13)2(9,10)22-6(19,20)24-4(14,15)16. The van der Waals surface area contributed by atoms with Crippen molar-refractivity contribution in [2.24, 2.45) is 0 Å². The van der Waals surface area contributed by atoms with Gasteiger partial charge in [-0.1, -0.05) is 0 Å². The van der Waals surface area contributed by atoms with E-state index in [0.717, 1.165) is 0 Å². The summed E-state index contributed by atoms with van der Waals surface area (Å²) >= 11 is 0. The van der Waals surface area contributed by atoms with Crippen LogP contribution >= 0.6 is 0 Å². The molecule has 24 heavy (non-hydrogen) atoms. The highest BCUT2D eigenvalue weighted by Crippen LogP contribution is 2.45.